The Morgan fingerprint density at radius 2 is 1.87 bits per heavy atom. The molecule has 5 aromatic rings. The van der Waals surface area contributed by atoms with E-state index in [1.807, 2.05) is 30.3 Å². The molecule has 0 saturated carbocycles. The van der Waals surface area contributed by atoms with Gasteiger partial charge in [-0.2, -0.15) is 22.6 Å². The largest absolute Gasteiger partial charge is 0.339 e. The predicted octanol–water partition coefficient (Wildman–Crippen LogP) is 3.69. The summed E-state index contributed by atoms with van der Waals surface area (Å²) >= 11 is 0. The molecule has 0 atom stereocenters. The second-order valence-electron chi connectivity index (χ2n) is 6.62. The van der Waals surface area contributed by atoms with Crippen LogP contribution in [-0.2, 0) is 10.0 Å². The van der Waals surface area contributed by atoms with Crippen molar-refractivity contribution in [2.45, 2.75) is 11.8 Å². The maximum absolute atomic E-state index is 13.2. The van der Waals surface area contributed by atoms with Crippen LogP contribution in [0, 0.1) is 6.92 Å². The van der Waals surface area contributed by atoms with Gasteiger partial charge in [0.1, 0.15) is 0 Å². The summed E-state index contributed by atoms with van der Waals surface area (Å²) in [6, 6.07) is 17.5. The van der Waals surface area contributed by atoms with Crippen molar-refractivity contribution in [2.75, 3.05) is 0 Å². The highest BCUT2D eigenvalue weighted by Crippen LogP contribution is 2.27. The Kier molecular flexibility index (Phi) is 4.18. The summed E-state index contributed by atoms with van der Waals surface area (Å²) in [5.74, 6) is 0.730. The van der Waals surface area contributed by atoms with Gasteiger partial charge in [0.2, 0.25) is 11.7 Å². The Balaban J connectivity index is 1.56. The predicted molar refractivity (Wildman–Crippen MR) is 110 cm³/mol. The Hall–Kier alpha value is -3.85. The van der Waals surface area contributed by atoms with Crippen LogP contribution in [-0.4, -0.2) is 32.7 Å². The molecule has 0 spiro atoms. The summed E-state index contributed by atoms with van der Waals surface area (Å²) < 4.78 is 32.3. The maximum atomic E-state index is 13.2. The first-order valence-corrected chi connectivity index (χ1v) is 10.5. The lowest BCUT2D eigenvalue weighted by Crippen LogP contribution is -2.13. The summed E-state index contributed by atoms with van der Waals surface area (Å²) in [7, 11) is -3.90. The van der Waals surface area contributed by atoms with Crippen molar-refractivity contribution >= 4 is 20.9 Å². The van der Waals surface area contributed by atoms with Crippen molar-refractivity contribution in [3.63, 3.8) is 0 Å². The van der Waals surface area contributed by atoms with Crippen LogP contribution >= 0.6 is 0 Å². The van der Waals surface area contributed by atoms with Crippen molar-refractivity contribution in [1.29, 1.82) is 0 Å². The van der Waals surface area contributed by atoms with Crippen LogP contribution in [0.5, 0.6) is 0 Å². The average molecular weight is 417 g/mol. The molecular weight excluding hydrogens is 402 g/mol. The second kappa shape index (κ2) is 6.89. The molecule has 2 aromatic carbocycles. The zero-order valence-corrected chi connectivity index (χ0v) is 16.6. The van der Waals surface area contributed by atoms with E-state index in [0.717, 1.165) is 20.6 Å². The van der Waals surface area contributed by atoms with Crippen LogP contribution in [0.1, 0.15) is 5.89 Å². The second-order valence-corrected chi connectivity index (χ2v) is 8.41. The molecule has 0 amide bonds. The van der Waals surface area contributed by atoms with Crippen LogP contribution in [0.15, 0.2) is 82.5 Å². The quantitative estimate of drug-likeness (QED) is 0.439. The molecule has 0 N–H and O–H groups in total. The summed E-state index contributed by atoms with van der Waals surface area (Å²) in [4.78, 5) is 8.57. The number of pyridine rings is 1. The van der Waals surface area contributed by atoms with Gasteiger partial charge < -0.3 is 4.52 Å². The molecule has 5 rings (SSSR count). The number of rotatable bonds is 4. The summed E-state index contributed by atoms with van der Waals surface area (Å²) in [6.07, 6.45) is 3.12. The number of benzene rings is 2. The molecule has 0 aliphatic heterocycles. The Morgan fingerprint density at radius 3 is 2.70 bits per heavy atom. The van der Waals surface area contributed by atoms with Gasteiger partial charge in [-0.25, -0.2) is 0 Å². The number of aromatic nitrogens is 5. The molecular formula is C21H15N5O3S. The van der Waals surface area contributed by atoms with Gasteiger partial charge in [0, 0.05) is 35.8 Å². The minimum absolute atomic E-state index is 0.0803. The summed E-state index contributed by atoms with van der Waals surface area (Å²) in [6.45, 7) is 1.67. The number of hydrogen-bond acceptors (Lipinski definition) is 7. The van der Waals surface area contributed by atoms with Gasteiger partial charge in [-0.1, -0.05) is 35.5 Å². The third-order valence-corrected chi connectivity index (χ3v) is 6.20. The fourth-order valence-corrected chi connectivity index (χ4v) is 4.38. The van der Waals surface area contributed by atoms with Gasteiger partial charge in [0.25, 0.3) is 10.0 Å². The zero-order valence-electron chi connectivity index (χ0n) is 15.8. The molecule has 30 heavy (non-hydrogen) atoms. The lowest BCUT2D eigenvalue weighted by molar-refractivity contribution is 0.394. The molecule has 0 aliphatic carbocycles. The fraction of sp³-hybridized carbons (Fsp3) is 0.0476. The van der Waals surface area contributed by atoms with Crippen LogP contribution < -0.4 is 0 Å². The lowest BCUT2D eigenvalue weighted by Gasteiger charge is -2.06. The normalized spacial score (nSPS) is 11.8. The Bertz CT molecular complexity index is 1480. The monoisotopic (exact) mass is 417 g/mol. The molecule has 0 aliphatic rings. The molecule has 0 unspecified atom stereocenters. The van der Waals surface area contributed by atoms with E-state index in [2.05, 4.69) is 20.2 Å². The van der Waals surface area contributed by atoms with Crippen molar-refractivity contribution in [3.8, 4) is 22.6 Å². The highest BCUT2D eigenvalue weighted by molar-refractivity contribution is 7.89. The number of aryl methyl sites for hydroxylation is 1. The smallest absolute Gasteiger partial charge is 0.282 e. The maximum Gasteiger partial charge on any atom is 0.282 e. The van der Waals surface area contributed by atoms with Gasteiger partial charge >= 0.3 is 0 Å². The minimum atomic E-state index is -3.90. The van der Waals surface area contributed by atoms with Crippen LogP contribution in [0.4, 0.5) is 0 Å². The van der Waals surface area contributed by atoms with Gasteiger partial charge in [-0.05, 0) is 30.3 Å². The molecule has 0 radical (unpaired) electrons. The van der Waals surface area contributed by atoms with Crippen molar-refractivity contribution < 1.29 is 12.9 Å². The Morgan fingerprint density at radius 1 is 1.00 bits per heavy atom. The van der Waals surface area contributed by atoms with Crippen LogP contribution in [0.2, 0.25) is 0 Å². The molecule has 9 heteroatoms. The van der Waals surface area contributed by atoms with Gasteiger partial charge in [-0.15, -0.1) is 0 Å². The summed E-state index contributed by atoms with van der Waals surface area (Å²) in [5, 5.41) is 9.08. The highest BCUT2D eigenvalue weighted by Gasteiger charge is 2.20. The standard InChI is InChI=1S/C21H15N5O3S/c1-14-23-21(25-29-14)15-5-4-6-16(13-15)30(27,28)26-12-10-20(24-26)18-9-11-22-19-8-3-2-7-17(18)19/h2-13H,1H3. The number of hydrogen-bond donors (Lipinski definition) is 0. The van der Waals surface area contributed by atoms with E-state index in [9.17, 15) is 8.42 Å². The first kappa shape index (κ1) is 18.2. The SMILES string of the molecule is Cc1nc(-c2cccc(S(=O)(=O)n3ccc(-c4ccnc5ccccc45)n3)c2)no1. The highest BCUT2D eigenvalue weighted by atomic mass is 32.2. The van der Waals surface area contributed by atoms with Crippen molar-refractivity contribution in [1.82, 2.24) is 24.3 Å². The topological polar surface area (TPSA) is 104 Å². The molecule has 0 bridgehead atoms. The number of nitrogens with zero attached hydrogens (tertiary/aromatic N) is 5. The molecule has 8 nitrogen and oxygen atoms in total. The first-order chi connectivity index (χ1) is 14.5. The third kappa shape index (κ3) is 3.05. The van der Waals surface area contributed by atoms with Crippen molar-refractivity contribution in [2.24, 2.45) is 0 Å². The van der Waals surface area contributed by atoms with E-state index >= 15 is 0 Å². The summed E-state index contributed by atoms with van der Waals surface area (Å²) in [5.41, 5.74) is 2.71. The Labute approximate surface area is 171 Å². The van der Waals surface area contributed by atoms with Gasteiger partial charge in [0.15, 0.2) is 0 Å². The van der Waals surface area contributed by atoms with E-state index in [-0.39, 0.29) is 4.90 Å². The van der Waals surface area contributed by atoms with E-state index in [0.29, 0.717) is 23.0 Å². The van der Waals surface area contributed by atoms with E-state index in [1.165, 1.54) is 18.3 Å². The van der Waals surface area contributed by atoms with Gasteiger partial charge in [-0.3, -0.25) is 4.98 Å². The molecule has 0 fully saturated rings. The van der Waals surface area contributed by atoms with Crippen molar-refractivity contribution in [3.05, 3.63) is 78.9 Å². The minimum Gasteiger partial charge on any atom is -0.339 e. The fourth-order valence-electron chi connectivity index (χ4n) is 3.22. The number of para-hydroxylation sites is 1. The molecule has 3 heterocycles. The lowest BCUT2D eigenvalue weighted by atomic mass is 10.1. The molecule has 0 saturated heterocycles. The van der Waals surface area contributed by atoms with Gasteiger partial charge in [0.05, 0.1) is 16.1 Å². The van der Waals surface area contributed by atoms with E-state index in [1.54, 1.807) is 31.3 Å². The molecule has 148 valence electrons. The van der Waals surface area contributed by atoms with E-state index in [4.69, 9.17) is 4.52 Å². The first-order valence-electron chi connectivity index (χ1n) is 9.08. The average Bonchev–Trinajstić information content (AvgIpc) is 3.43. The third-order valence-electron chi connectivity index (χ3n) is 4.66. The number of fused-ring (bicyclic) bond motifs is 1. The zero-order chi connectivity index (χ0) is 20.7. The van der Waals surface area contributed by atoms with Crippen LogP contribution in [0.3, 0.4) is 0 Å². The van der Waals surface area contributed by atoms with Crippen LogP contribution in [0.25, 0.3) is 33.5 Å². The molecule has 3 aromatic heterocycles. The van der Waals surface area contributed by atoms with E-state index < -0.39 is 10.0 Å².